The summed E-state index contributed by atoms with van der Waals surface area (Å²) in [6.07, 6.45) is 6.21. The van der Waals surface area contributed by atoms with Crippen molar-refractivity contribution in [2.45, 2.75) is 30.6 Å². The van der Waals surface area contributed by atoms with E-state index in [1.165, 1.54) is 11.6 Å². The van der Waals surface area contributed by atoms with Gasteiger partial charge in [-0.1, -0.05) is 11.6 Å². The first-order valence-electron chi connectivity index (χ1n) is 6.12. The van der Waals surface area contributed by atoms with Crippen LogP contribution in [0.1, 0.15) is 25.7 Å². The molecule has 0 unspecified atom stereocenters. The summed E-state index contributed by atoms with van der Waals surface area (Å²) < 4.78 is 39.8. The lowest BCUT2D eigenvalue weighted by Gasteiger charge is -2.09. The molecule has 6 heteroatoms. The van der Waals surface area contributed by atoms with Crippen molar-refractivity contribution < 1.29 is 12.8 Å². The zero-order valence-corrected chi connectivity index (χ0v) is 12.7. The third-order valence-corrected chi connectivity index (χ3v) is 5.49. The van der Waals surface area contributed by atoms with E-state index in [4.69, 9.17) is 0 Å². The molecule has 0 atom stereocenters. The first-order valence-corrected chi connectivity index (χ1v) is 8.39. The van der Waals surface area contributed by atoms with Crippen LogP contribution in [-0.2, 0) is 10.0 Å². The first kappa shape index (κ1) is 14.7. The summed E-state index contributed by atoms with van der Waals surface area (Å²) in [5.41, 5.74) is 1.31. The van der Waals surface area contributed by atoms with Gasteiger partial charge in [-0.2, -0.15) is 0 Å². The average Bonchev–Trinajstić information content (AvgIpc) is 2.81. The van der Waals surface area contributed by atoms with Gasteiger partial charge in [0.1, 0.15) is 5.82 Å². The van der Waals surface area contributed by atoms with Gasteiger partial charge < -0.3 is 0 Å². The van der Waals surface area contributed by atoms with E-state index in [-0.39, 0.29) is 9.37 Å². The molecule has 1 aliphatic rings. The molecule has 0 fully saturated rings. The molecule has 0 aliphatic heterocycles. The lowest BCUT2D eigenvalue weighted by Crippen LogP contribution is -2.25. The van der Waals surface area contributed by atoms with Crippen molar-refractivity contribution in [3.63, 3.8) is 0 Å². The Bertz CT molecular complexity index is 599. The van der Waals surface area contributed by atoms with Crippen LogP contribution in [0.25, 0.3) is 0 Å². The lowest BCUT2D eigenvalue weighted by atomic mass is 10.2. The molecule has 0 saturated carbocycles. The summed E-state index contributed by atoms with van der Waals surface area (Å²) in [7, 11) is -3.59. The minimum atomic E-state index is -3.59. The summed E-state index contributed by atoms with van der Waals surface area (Å²) in [6, 6.07) is 3.55. The predicted molar refractivity (Wildman–Crippen MR) is 75.8 cm³/mol. The van der Waals surface area contributed by atoms with Crippen LogP contribution in [0.4, 0.5) is 4.39 Å². The van der Waals surface area contributed by atoms with E-state index >= 15 is 0 Å². The van der Waals surface area contributed by atoms with Crippen LogP contribution in [0.15, 0.2) is 39.2 Å². The van der Waals surface area contributed by atoms with Crippen molar-refractivity contribution in [1.29, 1.82) is 0 Å². The van der Waals surface area contributed by atoms with Gasteiger partial charge in [-0.05, 0) is 59.8 Å². The van der Waals surface area contributed by atoms with Gasteiger partial charge >= 0.3 is 0 Å². The minimum absolute atomic E-state index is 0.0642. The Kier molecular flexibility index (Phi) is 4.76. The number of hydrogen-bond acceptors (Lipinski definition) is 2. The Morgan fingerprint density at radius 2 is 2.16 bits per heavy atom. The summed E-state index contributed by atoms with van der Waals surface area (Å²) in [5, 5.41) is 0. The standard InChI is InChI=1S/C13H15BrFNO2S/c14-12-9-11(15)5-6-13(12)19(17,18)16-8-7-10-3-1-2-4-10/h3,5-6,9,16H,1-2,4,7-8H2. The van der Waals surface area contributed by atoms with Gasteiger partial charge in [0.25, 0.3) is 0 Å². The fourth-order valence-electron chi connectivity index (χ4n) is 2.08. The van der Waals surface area contributed by atoms with E-state index in [1.54, 1.807) is 0 Å². The van der Waals surface area contributed by atoms with Gasteiger partial charge in [-0.3, -0.25) is 0 Å². The molecule has 1 aromatic carbocycles. The summed E-state index contributed by atoms with van der Waals surface area (Å²) in [4.78, 5) is 0.0642. The Labute approximate surface area is 121 Å². The van der Waals surface area contributed by atoms with Crippen molar-refractivity contribution in [2.75, 3.05) is 6.54 Å². The number of hydrogen-bond donors (Lipinski definition) is 1. The molecule has 0 radical (unpaired) electrons. The normalized spacial score (nSPS) is 15.6. The Morgan fingerprint density at radius 1 is 1.37 bits per heavy atom. The maximum absolute atomic E-state index is 12.9. The number of nitrogens with one attached hydrogen (secondary N) is 1. The molecule has 0 spiro atoms. The average molecular weight is 348 g/mol. The SMILES string of the molecule is O=S(=O)(NCCC1=CCCC1)c1ccc(F)cc1Br. The second-order valence-corrected chi connectivity index (χ2v) is 7.07. The molecule has 3 nitrogen and oxygen atoms in total. The summed E-state index contributed by atoms with van der Waals surface area (Å²) in [6.45, 7) is 0.373. The van der Waals surface area contributed by atoms with Crippen LogP contribution in [0.3, 0.4) is 0 Å². The zero-order chi connectivity index (χ0) is 13.9. The highest BCUT2D eigenvalue weighted by molar-refractivity contribution is 9.10. The summed E-state index contributed by atoms with van der Waals surface area (Å²) >= 11 is 3.07. The van der Waals surface area contributed by atoms with Crippen molar-refractivity contribution in [2.24, 2.45) is 0 Å². The lowest BCUT2D eigenvalue weighted by molar-refractivity contribution is 0.579. The monoisotopic (exact) mass is 347 g/mol. The van der Waals surface area contributed by atoms with Crippen LogP contribution in [-0.4, -0.2) is 15.0 Å². The quantitative estimate of drug-likeness (QED) is 0.830. The fraction of sp³-hybridized carbons (Fsp3) is 0.385. The second-order valence-electron chi connectivity index (χ2n) is 4.48. The van der Waals surface area contributed by atoms with Gasteiger partial charge in [-0.15, -0.1) is 0 Å². The van der Waals surface area contributed by atoms with Crippen LogP contribution in [0, 0.1) is 5.82 Å². The minimum Gasteiger partial charge on any atom is -0.211 e. The molecule has 0 bridgehead atoms. The smallest absolute Gasteiger partial charge is 0.211 e. The molecular formula is C13H15BrFNO2S. The molecule has 0 amide bonds. The number of sulfonamides is 1. The van der Waals surface area contributed by atoms with Crippen molar-refractivity contribution in [3.05, 3.63) is 40.1 Å². The fourth-order valence-corrected chi connectivity index (χ4v) is 4.16. The highest BCUT2D eigenvalue weighted by Crippen LogP contribution is 2.23. The van der Waals surface area contributed by atoms with E-state index in [0.29, 0.717) is 6.54 Å². The number of allylic oxidation sites excluding steroid dienone is 1. The van der Waals surface area contributed by atoms with Crippen LogP contribution in [0.5, 0.6) is 0 Å². The van der Waals surface area contributed by atoms with Gasteiger partial charge in [0.2, 0.25) is 10.0 Å². The van der Waals surface area contributed by atoms with Crippen LogP contribution < -0.4 is 4.72 Å². The number of rotatable bonds is 5. The van der Waals surface area contributed by atoms with E-state index in [2.05, 4.69) is 26.7 Å². The topological polar surface area (TPSA) is 46.2 Å². The molecule has 19 heavy (non-hydrogen) atoms. The molecule has 1 aliphatic carbocycles. The largest absolute Gasteiger partial charge is 0.241 e. The molecule has 0 aromatic heterocycles. The maximum atomic E-state index is 12.9. The Hall–Kier alpha value is -0.720. The molecule has 2 rings (SSSR count). The van der Waals surface area contributed by atoms with E-state index in [9.17, 15) is 12.8 Å². The highest BCUT2D eigenvalue weighted by Gasteiger charge is 2.17. The molecule has 0 saturated heterocycles. The maximum Gasteiger partial charge on any atom is 0.241 e. The third-order valence-electron chi connectivity index (χ3n) is 3.06. The van der Waals surface area contributed by atoms with Gasteiger partial charge in [0.05, 0.1) is 4.90 Å². The van der Waals surface area contributed by atoms with E-state index < -0.39 is 15.8 Å². The van der Waals surface area contributed by atoms with Crippen molar-refractivity contribution >= 4 is 26.0 Å². The molecule has 0 heterocycles. The van der Waals surface area contributed by atoms with Crippen LogP contribution in [0.2, 0.25) is 0 Å². The van der Waals surface area contributed by atoms with E-state index in [1.807, 2.05) is 0 Å². The summed E-state index contributed by atoms with van der Waals surface area (Å²) in [5.74, 6) is -0.470. The van der Waals surface area contributed by atoms with Crippen molar-refractivity contribution in [3.8, 4) is 0 Å². The molecular weight excluding hydrogens is 333 g/mol. The van der Waals surface area contributed by atoms with Crippen molar-refractivity contribution in [1.82, 2.24) is 4.72 Å². The third kappa shape index (κ3) is 3.87. The van der Waals surface area contributed by atoms with E-state index in [0.717, 1.165) is 37.8 Å². The second kappa shape index (κ2) is 6.15. The Balaban J connectivity index is 2.01. The molecule has 1 aromatic rings. The number of benzene rings is 1. The molecule has 104 valence electrons. The number of halogens is 2. The molecule has 1 N–H and O–H groups in total. The van der Waals surface area contributed by atoms with Gasteiger partial charge in [-0.25, -0.2) is 17.5 Å². The van der Waals surface area contributed by atoms with Gasteiger partial charge in [0, 0.05) is 11.0 Å². The Morgan fingerprint density at radius 3 is 2.79 bits per heavy atom. The first-order chi connectivity index (χ1) is 8.99. The van der Waals surface area contributed by atoms with Crippen LogP contribution >= 0.6 is 15.9 Å². The van der Waals surface area contributed by atoms with Gasteiger partial charge in [0.15, 0.2) is 0 Å². The zero-order valence-electron chi connectivity index (χ0n) is 10.3. The predicted octanol–water partition coefficient (Wildman–Crippen LogP) is 3.37. The highest BCUT2D eigenvalue weighted by atomic mass is 79.9.